The molecule has 7 heteroatoms. The van der Waals surface area contributed by atoms with Crippen molar-refractivity contribution in [3.05, 3.63) is 0 Å². The minimum absolute atomic E-state index is 0.114. The first kappa shape index (κ1) is 13.7. The fraction of sp³-hybridized carbons (Fsp3) is 0.625. The van der Waals surface area contributed by atoms with E-state index in [4.69, 9.17) is 0 Å². The molecular formula is C8H14N2O4S. The van der Waals surface area contributed by atoms with E-state index in [1.54, 1.807) is 18.6 Å². The third kappa shape index (κ3) is 7.78. The summed E-state index contributed by atoms with van der Waals surface area (Å²) in [5, 5.41) is 0. The fourth-order valence-corrected chi connectivity index (χ4v) is 1.40. The Morgan fingerprint density at radius 2 is 2.13 bits per heavy atom. The smallest absolute Gasteiger partial charge is 0.421 e. The van der Waals surface area contributed by atoms with Gasteiger partial charge in [0.1, 0.15) is 0 Å². The summed E-state index contributed by atoms with van der Waals surface area (Å²) < 4.78 is 30.5. The average molecular weight is 234 g/mol. The fourth-order valence-electron chi connectivity index (χ4n) is 0.679. The molecule has 86 valence electrons. The Kier molecular flexibility index (Phi) is 6.49. The van der Waals surface area contributed by atoms with E-state index in [9.17, 15) is 13.2 Å². The molecule has 1 amide bonds. The van der Waals surface area contributed by atoms with Gasteiger partial charge in [0.05, 0.1) is 6.61 Å². The molecule has 0 rings (SSSR count). The van der Waals surface area contributed by atoms with Gasteiger partial charge < -0.3 is 4.74 Å². The lowest BCUT2D eigenvalue weighted by molar-refractivity contribution is 0.158. The lowest BCUT2D eigenvalue weighted by Gasteiger charge is -2.06. The molecule has 0 aliphatic carbocycles. The predicted molar refractivity (Wildman–Crippen MR) is 55.1 cm³/mol. The monoisotopic (exact) mass is 234 g/mol. The van der Waals surface area contributed by atoms with Gasteiger partial charge in [-0.05, 0) is 13.8 Å². The van der Waals surface area contributed by atoms with Gasteiger partial charge in [0.25, 0.3) is 0 Å². The van der Waals surface area contributed by atoms with Crippen LogP contribution in [-0.4, -0.2) is 27.7 Å². The molecule has 0 saturated heterocycles. The average Bonchev–Trinajstić information content (AvgIpc) is 2.12. The van der Waals surface area contributed by atoms with Crippen molar-refractivity contribution in [1.29, 1.82) is 0 Å². The second kappa shape index (κ2) is 7.09. The van der Waals surface area contributed by atoms with E-state index in [-0.39, 0.29) is 13.2 Å². The summed E-state index contributed by atoms with van der Waals surface area (Å²) in [5.74, 6) is 5.30. The number of amides is 1. The molecule has 0 aromatic carbocycles. The maximum Gasteiger partial charge on any atom is 0.421 e. The van der Waals surface area contributed by atoms with Crippen LogP contribution >= 0.6 is 0 Å². The quantitative estimate of drug-likeness (QED) is 0.517. The number of nitrogens with one attached hydrogen (secondary N) is 2. The van der Waals surface area contributed by atoms with Crippen molar-refractivity contribution in [1.82, 2.24) is 9.44 Å². The van der Waals surface area contributed by atoms with E-state index in [2.05, 4.69) is 21.3 Å². The van der Waals surface area contributed by atoms with E-state index in [0.29, 0.717) is 6.42 Å². The highest BCUT2D eigenvalue weighted by Gasteiger charge is 2.13. The van der Waals surface area contributed by atoms with Gasteiger partial charge in [0, 0.05) is 13.0 Å². The van der Waals surface area contributed by atoms with Gasteiger partial charge in [0.2, 0.25) is 0 Å². The first-order chi connectivity index (χ1) is 7.02. The van der Waals surface area contributed by atoms with E-state index in [1.807, 2.05) is 0 Å². The van der Waals surface area contributed by atoms with Gasteiger partial charge in [0.15, 0.2) is 0 Å². The minimum Gasteiger partial charge on any atom is -0.449 e. The molecule has 0 aromatic rings. The van der Waals surface area contributed by atoms with Crippen molar-refractivity contribution in [2.75, 3.05) is 13.2 Å². The summed E-state index contributed by atoms with van der Waals surface area (Å²) >= 11 is 0. The Morgan fingerprint density at radius 1 is 1.47 bits per heavy atom. The van der Waals surface area contributed by atoms with Crippen LogP contribution in [0.1, 0.15) is 20.3 Å². The summed E-state index contributed by atoms with van der Waals surface area (Å²) in [5.41, 5.74) is 0. The number of hydrogen-bond donors (Lipinski definition) is 2. The second-order valence-corrected chi connectivity index (χ2v) is 3.90. The maximum absolute atomic E-state index is 11.1. The third-order valence-corrected chi connectivity index (χ3v) is 2.23. The zero-order valence-corrected chi connectivity index (χ0v) is 9.48. The van der Waals surface area contributed by atoms with E-state index in [0.717, 1.165) is 0 Å². The van der Waals surface area contributed by atoms with E-state index < -0.39 is 16.3 Å². The summed E-state index contributed by atoms with van der Waals surface area (Å²) in [4.78, 5) is 10.8. The predicted octanol–water partition coefficient (Wildman–Crippen LogP) is -0.0197. The van der Waals surface area contributed by atoms with Gasteiger partial charge >= 0.3 is 16.3 Å². The number of carbonyl (C=O) groups excluding carboxylic acids is 1. The number of hydrogen-bond acceptors (Lipinski definition) is 4. The topological polar surface area (TPSA) is 84.5 Å². The first-order valence-electron chi connectivity index (χ1n) is 4.35. The Hall–Kier alpha value is -1.26. The lowest BCUT2D eigenvalue weighted by Crippen LogP contribution is -2.40. The molecule has 0 heterocycles. The summed E-state index contributed by atoms with van der Waals surface area (Å²) in [6, 6.07) is 0. The minimum atomic E-state index is -3.83. The molecule has 15 heavy (non-hydrogen) atoms. The van der Waals surface area contributed by atoms with Crippen molar-refractivity contribution < 1.29 is 17.9 Å². The third-order valence-electron chi connectivity index (χ3n) is 1.21. The molecule has 0 fully saturated rings. The van der Waals surface area contributed by atoms with Gasteiger partial charge in [-0.3, -0.25) is 0 Å². The van der Waals surface area contributed by atoms with Crippen LogP contribution in [0.15, 0.2) is 0 Å². The van der Waals surface area contributed by atoms with E-state index >= 15 is 0 Å². The zero-order chi connectivity index (χ0) is 11.7. The molecule has 0 aliphatic heterocycles. The number of ether oxygens (including phenoxy) is 1. The van der Waals surface area contributed by atoms with Gasteiger partial charge in [-0.2, -0.15) is 13.1 Å². The van der Waals surface area contributed by atoms with Crippen molar-refractivity contribution in [2.24, 2.45) is 0 Å². The van der Waals surface area contributed by atoms with Crippen molar-refractivity contribution in [2.45, 2.75) is 20.3 Å². The summed E-state index contributed by atoms with van der Waals surface area (Å²) in [6.07, 6.45) is -0.605. The molecule has 0 spiro atoms. The largest absolute Gasteiger partial charge is 0.449 e. The first-order valence-corrected chi connectivity index (χ1v) is 5.84. The second-order valence-electron chi connectivity index (χ2n) is 2.40. The Bertz CT molecular complexity index is 353. The van der Waals surface area contributed by atoms with Crippen molar-refractivity contribution in [3.63, 3.8) is 0 Å². The Labute approximate surface area is 89.6 Å². The summed E-state index contributed by atoms with van der Waals surface area (Å²) in [6.45, 7) is 3.50. The van der Waals surface area contributed by atoms with Crippen molar-refractivity contribution >= 4 is 16.3 Å². The van der Waals surface area contributed by atoms with Crippen LogP contribution in [0.5, 0.6) is 0 Å². The van der Waals surface area contributed by atoms with Crippen LogP contribution in [0, 0.1) is 11.8 Å². The molecule has 0 atom stereocenters. The molecule has 6 nitrogen and oxygen atoms in total. The van der Waals surface area contributed by atoms with Crippen molar-refractivity contribution in [3.8, 4) is 11.8 Å². The molecule has 2 N–H and O–H groups in total. The standard InChI is InChI=1S/C8H14N2O4S/c1-3-5-6-7-9-15(12,13)10-8(11)14-4-2/h9H,4,6-7H2,1-2H3,(H,10,11). The number of carbonyl (C=O) groups is 1. The van der Waals surface area contributed by atoms with Gasteiger partial charge in [-0.1, -0.05) is 0 Å². The van der Waals surface area contributed by atoms with Crippen LogP contribution in [0.2, 0.25) is 0 Å². The van der Waals surface area contributed by atoms with Gasteiger partial charge in [-0.15, -0.1) is 11.8 Å². The highest BCUT2D eigenvalue weighted by molar-refractivity contribution is 7.88. The molecule has 0 radical (unpaired) electrons. The maximum atomic E-state index is 11.1. The van der Waals surface area contributed by atoms with E-state index in [1.165, 1.54) is 0 Å². The lowest BCUT2D eigenvalue weighted by atomic mass is 10.4. The van der Waals surface area contributed by atoms with Crippen LogP contribution in [-0.2, 0) is 14.9 Å². The normalized spacial score (nSPS) is 10.0. The molecular weight excluding hydrogens is 220 g/mol. The van der Waals surface area contributed by atoms with Crippen LogP contribution in [0.3, 0.4) is 0 Å². The molecule has 0 bridgehead atoms. The van der Waals surface area contributed by atoms with Crippen LogP contribution in [0.4, 0.5) is 4.79 Å². The molecule has 0 aliphatic rings. The highest BCUT2D eigenvalue weighted by atomic mass is 32.2. The molecule has 0 aromatic heterocycles. The Balaban J connectivity index is 3.95. The highest BCUT2D eigenvalue weighted by Crippen LogP contribution is 1.83. The molecule has 0 unspecified atom stereocenters. The summed E-state index contributed by atoms with van der Waals surface area (Å²) in [7, 11) is -3.83. The van der Waals surface area contributed by atoms with Crippen LogP contribution < -0.4 is 9.44 Å². The SMILES string of the molecule is CC#CCCNS(=O)(=O)NC(=O)OCC. The molecule has 0 saturated carbocycles. The van der Waals surface area contributed by atoms with Gasteiger partial charge in [-0.25, -0.2) is 9.52 Å². The Morgan fingerprint density at radius 3 is 2.67 bits per heavy atom. The zero-order valence-electron chi connectivity index (χ0n) is 8.66. The number of rotatable bonds is 5. The van der Waals surface area contributed by atoms with Crippen LogP contribution in [0.25, 0.3) is 0 Å².